The third kappa shape index (κ3) is 3.67. The summed E-state index contributed by atoms with van der Waals surface area (Å²) in [6.45, 7) is 3.69. The highest BCUT2D eigenvalue weighted by molar-refractivity contribution is 5.74. The van der Waals surface area contributed by atoms with Gasteiger partial charge in [-0.15, -0.1) is 0 Å². The van der Waals surface area contributed by atoms with Crippen molar-refractivity contribution < 1.29 is 4.79 Å². The van der Waals surface area contributed by atoms with E-state index in [0.29, 0.717) is 11.9 Å². The topological polar surface area (TPSA) is 123 Å². The first-order valence-corrected chi connectivity index (χ1v) is 6.36. The van der Waals surface area contributed by atoms with Gasteiger partial charge in [0, 0.05) is 25.6 Å². The van der Waals surface area contributed by atoms with Gasteiger partial charge < -0.3 is 21.7 Å². The number of carbonyl (C=O) groups is 1. The van der Waals surface area contributed by atoms with Gasteiger partial charge in [0.25, 0.3) is 0 Å². The Morgan fingerprint density at radius 1 is 1.37 bits per heavy atom. The molecule has 2 rings (SSSR count). The first-order chi connectivity index (χ1) is 9.04. The fraction of sp³-hybridized carbons (Fsp3) is 0.636. The summed E-state index contributed by atoms with van der Waals surface area (Å²) >= 11 is 0. The molecule has 1 fully saturated rings. The monoisotopic (exact) mass is 265 g/mol. The quantitative estimate of drug-likeness (QED) is 0.669. The summed E-state index contributed by atoms with van der Waals surface area (Å²) in [5.74, 6) is 0.759. The average Bonchev–Trinajstić information content (AvgIpc) is 2.79. The zero-order valence-electron chi connectivity index (χ0n) is 11.0. The molecule has 19 heavy (non-hydrogen) atoms. The molecule has 0 spiro atoms. The first kappa shape index (κ1) is 13.3. The van der Waals surface area contributed by atoms with Crippen molar-refractivity contribution in [3.05, 3.63) is 0 Å². The van der Waals surface area contributed by atoms with E-state index in [4.69, 9.17) is 11.5 Å². The van der Waals surface area contributed by atoms with E-state index in [2.05, 4.69) is 25.2 Å². The Bertz CT molecular complexity index is 458. The van der Waals surface area contributed by atoms with Crippen molar-refractivity contribution in [2.24, 2.45) is 5.73 Å². The molecule has 1 saturated heterocycles. The number of anilines is 3. The number of rotatable bonds is 5. The number of carbonyl (C=O) groups excluding carboxylic acids is 1. The second kappa shape index (κ2) is 5.68. The first-order valence-electron chi connectivity index (χ1n) is 6.36. The number of nitrogens with one attached hydrogen (secondary N) is 1. The van der Waals surface area contributed by atoms with Crippen LogP contribution in [0.25, 0.3) is 0 Å². The summed E-state index contributed by atoms with van der Waals surface area (Å²) in [6.07, 6.45) is 2.48. The van der Waals surface area contributed by atoms with E-state index in [1.165, 1.54) is 0 Å². The summed E-state index contributed by atoms with van der Waals surface area (Å²) in [6, 6.07) is -0.147. The normalized spacial score (nSPS) is 16.4. The lowest BCUT2D eigenvalue weighted by Crippen LogP contribution is -2.26. The molecule has 8 heteroatoms. The van der Waals surface area contributed by atoms with Crippen molar-refractivity contribution >= 4 is 23.8 Å². The van der Waals surface area contributed by atoms with Gasteiger partial charge in [-0.2, -0.15) is 15.0 Å². The molecule has 0 radical (unpaired) electrons. The molecule has 0 aromatic carbocycles. The lowest BCUT2D eigenvalue weighted by molar-refractivity contribution is -0.118. The third-order valence-electron chi connectivity index (χ3n) is 2.91. The minimum absolute atomic E-state index is 0.147. The largest absolute Gasteiger partial charge is 0.370 e. The standard InChI is InChI=1S/C11H19N7O/c1-7(6-8(12)19)14-10-15-9(13)16-11(17-10)18-4-2-3-5-18/h7H,2-6H2,1H3,(H2,12,19)(H3,13,14,15,16,17). The maximum atomic E-state index is 10.8. The molecule has 0 aliphatic carbocycles. The van der Waals surface area contributed by atoms with E-state index in [-0.39, 0.29) is 24.3 Å². The van der Waals surface area contributed by atoms with Gasteiger partial charge in [-0.25, -0.2) is 0 Å². The smallest absolute Gasteiger partial charge is 0.231 e. The van der Waals surface area contributed by atoms with Gasteiger partial charge >= 0.3 is 0 Å². The second-order valence-electron chi connectivity index (χ2n) is 4.73. The number of hydrogen-bond acceptors (Lipinski definition) is 7. The fourth-order valence-corrected chi connectivity index (χ4v) is 2.08. The molecular formula is C11H19N7O. The molecule has 5 N–H and O–H groups in total. The summed E-state index contributed by atoms with van der Waals surface area (Å²) in [7, 11) is 0. The van der Waals surface area contributed by atoms with Crippen LogP contribution >= 0.6 is 0 Å². The highest BCUT2D eigenvalue weighted by atomic mass is 16.1. The summed E-state index contributed by atoms with van der Waals surface area (Å²) in [4.78, 5) is 25.4. The number of aromatic nitrogens is 3. The number of primary amides is 1. The van der Waals surface area contributed by atoms with E-state index >= 15 is 0 Å². The van der Waals surface area contributed by atoms with E-state index in [0.717, 1.165) is 25.9 Å². The lowest BCUT2D eigenvalue weighted by Gasteiger charge is -2.17. The molecule has 1 aromatic heterocycles. The van der Waals surface area contributed by atoms with E-state index in [1.54, 1.807) is 0 Å². The molecule has 2 heterocycles. The number of nitrogens with two attached hydrogens (primary N) is 2. The van der Waals surface area contributed by atoms with E-state index in [9.17, 15) is 4.79 Å². The van der Waals surface area contributed by atoms with Crippen molar-refractivity contribution in [3.8, 4) is 0 Å². The molecule has 1 unspecified atom stereocenters. The predicted octanol–water partition coefficient (Wildman–Crippen LogP) is -0.270. The number of amides is 1. The predicted molar refractivity (Wildman–Crippen MR) is 72.6 cm³/mol. The Labute approximate surface area is 111 Å². The lowest BCUT2D eigenvalue weighted by atomic mass is 10.2. The number of nitrogen functional groups attached to an aromatic ring is 1. The molecule has 0 bridgehead atoms. The van der Waals surface area contributed by atoms with Gasteiger partial charge in [0.1, 0.15) is 0 Å². The van der Waals surface area contributed by atoms with Gasteiger partial charge in [-0.05, 0) is 19.8 Å². The van der Waals surface area contributed by atoms with Crippen LogP contribution in [0.4, 0.5) is 17.8 Å². The van der Waals surface area contributed by atoms with Crippen LogP contribution in [0.2, 0.25) is 0 Å². The van der Waals surface area contributed by atoms with E-state index < -0.39 is 0 Å². The fourth-order valence-electron chi connectivity index (χ4n) is 2.08. The van der Waals surface area contributed by atoms with Gasteiger partial charge in [-0.1, -0.05) is 0 Å². The third-order valence-corrected chi connectivity index (χ3v) is 2.91. The van der Waals surface area contributed by atoms with Crippen LogP contribution in [0.1, 0.15) is 26.2 Å². The SMILES string of the molecule is CC(CC(N)=O)Nc1nc(N)nc(N2CCCC2)n1. The van der Waals surface area contributed by atoms with Crippen molar-refractivity contribution in [1.82, 2.24) is 15.0 Å². The Kier molecular flexibility index (Phi) is 3.98. The summed E-state index contributed by atoms with van der Waals surface area (Å²) < 4.78 is 0. The van der Waals surface area contributed by atoms with Crippen molar-refractivity contribution in [3.63, 3.8) is 0 Å². The molecule has 104 valence electrons. The van der Waals surface area contributed by atoms with Crippen LogP contribution in [0.15, 0.2) is 0 Å². The zero-order chi connectivity index (χ0) is 13.8. The molecule has 8 nitrogen and oxygen atoms in total. The summed E-state index contributed by atoms with van der Waals surface area (Å²) in [5.41, 5.74) is 10.8. The minimum Gasteiger partial charge on any atom is -0.370 e. The average molecular weight is 265 g/mol. The zero-order valence-corrected chi connectivity index (χ0v) is 11.0. The maximum Gasteiger partial charge on any atom is 0.231 e. The van der Waals surface area contributed by atoms with Crippen LogP contribution in [0, 0.1) is 0 Å². The van der Waals surface area contributed by atoms with Crippen molar-refractivity contribution in [2.75, 3.05) is 29.0 Å². The van der Waals surface area contributed by atoms with Gasteiger partial charge in [0.05, 0.1) is 0 Å². The molecule has 1 aromatic rings. The molecular weight excluding hydrogens is 246 g/mol. The highest BCUT2D eigenvalue weighted by Crippen LogP contribution is 2.18. The Morgan fingerprint density at radius 3 is 2.68 bits per heavy atom. The number of nitrogens with zero attached hydrogens (tertiary/aromatic N) is 4. The number of hydrogen-bond donors (Lipinski definition) is 3. The van der Waals surface area contributed by atoms with Crippen LogP contribution < -0.4 is 21.7 Å². The van der Waals surface area contributed by atoms with Crippen molar-refractivity contribution in [1.29, 1.82) is 0 Å². The molecule has 1 amide bonds. The second-order valence-corrected chi connectivity index (χ2v) is 4.73. The Balaban J connectivity index is 2.09. The maximum absolute atomic E-state index is 10.8. The highest BCUT2D eigenvalue weighted by Gasteiger charge is 2.17. The molecule has 1 aliphatic heterocycles. The van der Waals surface area contributed by atoms with Gasteiger partial charge in [0.15, 0.2) is 0 Å². The van der Waals surface area contributed by atoms with Crippen LogP contribution in [-0.4, -0.2) is 40.0 Å². The van der Waals surface area contributed by atoms with E-state index in [1.807, 2.05) is 6.92 Å². The summed E-state index contributed by atoms with van der Waals surface area (Å²) in [5, 5.41) is 3.01. The van der Waals surface area contributed by atoms with Gasteiger partial charge in [0.2, 0.25) is 23.8 Å². The Hall–Kier alpha value is -2.12. The minimum atomic E-state index is -0.373. The van der Waals surface area contributed by atoms with Crippen molar-refractivity contribution in [2.45, 2.75) is 32.2 Å². The van der Waals surface area contributed by atoms with Crippen LogP contribution in [0.3, 0.4) is 0 Å². The van der Waals surface area contributed by atoms with Gasteiger partial charge in [-0.3, -0.25) is 4.79 Å². The van der Waals surface area contributed by atoms with Crippen LogP contribution in [0.5, 0.6) is 0 Å². The molecule has 0 saturated carbocycles. The molecule has 1 aliphatic rings. The Morgan fingerprint density at radius 2 is 2.05 bits per heavy atom. The molecule has 1 atom stereocenters. The van der Waals surface area contributed by atoms with Crippen LogP contribution in [-0.2, 0) is 4.79 Å².